The molecule has 1 amide bonds. The summed E-state index contributed by atoms with van der Waals surface area (Å²) < 4.78 is 32.5. The SMILES string of the molecule is CNC(=O)c1c(-c2ccc(C)cc2)oc2nc(N(CCCCPC)S(C)(=O)=O)c(C)cc12. The zero-order valence-corrected chi connectivity index (χ0v) is 21.0. The summed E-state index contributed by atoms with van der Waals surface area (Å²) in [7, 11) is -1.11. The number of unbranched alkanes of at least 4 members (excludes halogenated alkanes) is 1. The lowest BCUT2D eigenvalue weighted by Crippen LogP contribution is -2.32. The number of aromatic nitrogens is 1. The molecule has 1 unspecified atom stereocenters. The van der Waals surface area contributed by atoms with E-state index in [0.717, 1.165) is 38.7 Å². The molecule has 0 aliphatic rings. The van der Waals surface area contributed by atoms with Gasteiger partial charge in [0.2, 0.25) is 15.7 Å². The Morgan fingerprint density at radius 2 is 1.88 bits per heavy atom. The minimum atomic E-state index is -3.53. The number of hydrogen-bond acceptors (Lipinski definition) is 5. The van der Waals surface area contributed by atoms with Gasteiger partial charge < -0.3 is 9.73 Å². The molecule has 172 valence electrons. The van der Waals surface area contributed by atoms with Gasteiger partial charge in [-0.05, 0) is 51.1 Å². The predicted molar refractivity (Wildman–Crippen MR) is 133 cm³/mol. The van der Waals surface area contributed by atoms with Crippen molar-refractivity contribution in [3.8, 4) is 11.3 Å². The van der Waals surface area contributed by atoms with Gasteiger partial charge in [-0.3, -0.25) is 9.10 Å². The summed E-state index contributed by atoms with van der Waals surface area (Å²) in [5, 5.41) is 3.23. The van der Waals surface area contributed by atoms with Crippen LogP contribution in [-0.2, 0) is 10.0 Å². The van der Waals surface area contributed by atoms with E-state index in [0.29, 0.717) is 34.6 Å². The van der Waals surface area contributed by atoms with Crippen molar-refractivity contribution < 1.29 is 17.6 Å². The van der Waals surface area contributed by atoms with E-state index in [1.54, 1.807) is 20.0 Å². The van der Waals surface area contributed by atoms with Crippen molar-refractivity contribution in [3.63, 3.8) is 0 Å². The molecule has 1 N–H and O–H groups in total. The standard InChI is InChI=1S/C23H30N3O4PS/c1-15-8-10-17(11-9-15)20-19(22(27)24-3)18-14-16(2)21(25-23(18)30-20)26(32(5,28)29)12-6-7-13-31-4/h8-11,14,31H,6-7,12-13H2,1-5H3,(H,24,27). The van der Waals surface area contributed by atoms with Gasteiger partial charge in [-0.25, -0.2) is 8.42 Å². The molecule has 9 heteroatoms. The van der Waals surface area contributed by atoms with Crippen LogP contribution >= 0.6 is 8.58 Å². The lowest BCUT2D eigenvalue weighted by atomic mass is 10.0. The fourth-order valence-corrected chi connectivity index (χ4v) is 5.17. The molecule has 2 aromatic heterocycles. The molecule has 0 fully saturated rings. The van der Waals surface area contributed by atoms with E-state index in [-0.39, 0.29) is 11.6 Å². The van der Waals surface area contributed by atoms with Gasteiger partial charge in [0.05, 0.1) is 17.2 Å². The number of carbonyl (C=O) groups excluding carboxylic acids is 1. The van der Waals surface area contributed by atoms with Gasteiger partial charge in [0.15, 0.2) is 0 Å². The number of benzene rings is 1. The topological polar surface area (TPSA) is 92.5 Å². The number of hydrogen-bond donors (Lipinski definition) is 1. The highest BCUT2D eigenvalue weighted by molar-refractivity contribution is 7.92. The monoisotopic (exact) mass is 475 g/mol. The first kappa shape index (κ1) is 24.2. The molecule has 0 bridgehead atoms. The maximum Gasteiger partial charge on any atom is 0.255 e. The first-order chi connectivity index (χ1) is 15.2. The van der Waals surface area contributed by atoms with E-state index in [4.69, 9.17) is 4.42 Å². The zero-order valence-electron chi connectivity index (χ0n) is 19.2. The average Bonchev–Trinajstić information content (AvgIpc) is 3.10. The van der Waals surface area contributed by atoms with E-state index in [1.807, 2.05) is 31.2 Å². The summed E-state index contributed by atoms with van der Waals surface area (Å²) in [6.07, 6.45) is 3.98. The number of rotatable bonds is 9. The Morgan fingerprint density at radius 1 is 1.19 bits per heavy atom. The van der Waals surface area contributed by atoms with Gasteiger partial charge in [-0.15, -0.1) is 8.58 Å². The van der Waals surface area contributed by atoms with Crippen molar-refractivity contribution in [1.29, 1.82) is 0 Å². The summed E-state index contributed by atoms with van der Waals surface area (Å²) in [5.74, 6) is 0.471. The molecule has 3 rings (SSSR count). The molecule has 1 atom stereocenters. The van der Waals surface area contributed by atoms with Crippen LogP contribution in [0.5, 0.6) is 0 Å². The van der Waals surface area contributed by atoms with Gasteiger partial charge in [-0.2, -0.15) is 4.98 Å². The molecule has 3 aromatic rings. The summed E-state index contributed by atoms with van der Waals surface area (Å²) in [4.78, 5) is 17.3. The normalized spacial score (nSPS) is 12.0. The summed E-state index contributed by atoms with van der Waals surface area (Å²) in [6, 6.07) is 9.47. The van der Waals surface area contributed by atoms with Gasteiger partial charge in [0, 0.05) is 19.2 Å². The van der Waals surface area contributed by atoms with Gasteiger partial charge in [0.25, 0.3) is 5.91 Å². The Morgan fingerprint density at radius 3 is 2.47 bits per heavy atom. The molecular weight excluding hydrogens is 445 g/mol. The molecule has 0 spiro atoms. The molecule has 0 radical (unpaired) electrons. The summed E-state index contributed by atoms with van der Waals surface area (Å²) in [5.41, 5.74) is 3.15. The highest BCUT2D eigenvalue weighted by Crippen LogP contribution is 2.36. The smallest absolute Gasteiger partial charge is 0.255 e. The first-order valence-corrected chi connectivity index (χ1v) is 14.1. The van der Waals surface area contributed by atoms with Crippen molar-refractivity contribution in [3.05, 3.63) is 47.0 Å². The second-order valence-electron chi connectivity index (χ2n) is 7.88. The molecule has 0 aliphatic heterocycles. The third-order valence-electron chi connectivity index (χ3n) is 5.29. The van der Waals surface area contributed by atoms with Crippen LogP contribution in [-0.4, -0.2) is 52.0 Å². The van der Waals surface area contributed by atoms with Crippen LogP contribution < -0.4 is 9.62 Å². The fourth-order valence-electron chi connectivity index (χ4n) is 3.61. The summed E-state index contributed by atoms with van der Waals surface area (Å²) in [6.45, 7) is 6.29. The van der Waals surface area contributed by atoms with Crippen LogP contribution in [0.4, 0.5) is 5.82 Å². The van der Waals surface area contributed by atoms with Gasteiger partial charge >= 0.3 is 0 Å². The number of pyridine rings is 1. The van der Waals surface area contributed by atoms with Crippen LogP contribution in [0.25, 0.3) is 22.4 Å². The Hall–Kier alpha value is -2.44. The van der Waals surface area contributed by atoms with E-state index in [2.05, 4.69) is 17.0 Å². The number of aryl methyl sites for hydroxylation is 2. The van der Waals surface area contributed by atoms with Crippen LogP contribution in [0.2, 0.25) is 0 Å². The van der Waals surface area contributed by atoms with E-state index >= 15 is 0 Å². The maximum atomic E-state index is 12.7. The molecule has 2 heterocycles. The highest BCUT2D eigenvalue weighted by atomic mass is 32.2. The summed E-state index contributed by atoms with van der Waals surface area (Å²) >= 11 is 0. The molecule has 32 heavy (non-hydrogen) atoms. The number of carbonyl (C=O) groups is 1. The van der Waals surface area contributed by atoms with Crippen LogP contribution in [0.3, 0.4) is 0 Å². The first-order valence-electron chi connectivity index (χ1n) is 10.5. The average molecular weight is 476 g/mol. The number of fused-ring (bicyclic) bond motifs is 1. The Balaban J connectivity index is 2.15. The van der Waals surface area contributed by atoms with Gasteiger partial charge in [-0.1, -0.05) is 29.8 Å². The molecule has 1 aromatic carbocycles. The van der Waals surface area contributed by atoms with Crippen molar-refractivity contribution in [2.24, 2.45) is 0 Å². The largest absolute Gasteiger partial charge is 0.437 e. The van der Waals surface area contributed by atoms with Crippen molar-refractivity contribution in [2.75, 3.05) is 37.0 Å². The van der Waals surface area contributed by atoms with E-state index in [9.17, 15) is 13.2 Å². The van der Waals surface area contributed by atoms with Crippen molar-refractivity contribution in [2.45, 2.75) is 26.7 Å². The minimum Gasteiger partial charge on any atom is -0.437 e. The molecule has 7 nitrogen and oxygen atoms in total. The lowest BCUT2D eigenvalue weighted by Gasteiger charge is -2.22. The Bertz CT molecular complexity index is 1220. The van der Waals surface area contributed by atoms with Crippen LogP contribution in [0.15, 0.2) is 34.7 Å². The second-order valence-corrected chi connectivity index (χ2v) is 11.0. The third kappa shape index (κ3) is 5.13. The predicted octanol–water partition coefficient (Wildman–Crippen LogP) is 4.33. The Labute approximate surface area is 191 Å². The zero-order chi connectivity index (χ0) is 23.5. The fraction of sp³-hybridized carbons (Fsp3) is 0.391. The molecular formula is C23H30N3O4PS. The number of amides is 1. The lowest BCUT2D eigenvalue weighted by molar-refractivity contribution is 0.0964. The molecule has 0 aliphatic carbocycles. The number of nitrogens with one attached hydrogen (secondary N) is 1. The highest BCUT2D eigenvalue weighted by Gasteiger charge is 2.26. The number of furan rings is 1. The van der Waals surface area contributed by atoms with E-state index in [1.165, 1.54) is 10.6 Å². The van der Waals surface area contributed by atoms with Crippen molar-refractivity contribution >= 4 is 41.4 Å². The number of anilines is 1. The third-order valence-corrected chi connectivity index (χ3v) is 7.30. The van der Waals surface area contributed by atoms with Crippen molar-refractivity contribution in [1.82, 2.24) is 10.3 Å². The van der Waals surface area contributed by atoms with E-state index < -0.39 is 10.0 Å². The van der Waals surface area contributed by atoms with Crippen LogP contribution in [0, 0.1) is 13.8 Å². The van der Waals surface area contributed by atoms with Gasteiger partial charge in [0.1, 0.15) is 11.6 Å². The molecule has 0 saturated heterocycles. The quantitative estimate of drug-likeness (QED) is 0.367. The number of sulfonamides is 1. The maximum absolute atomic E-state index is 12.7. The molecule has 0 saturated carbocycles. The minimum absolute atomic E-state index is 0.239. The number of nitrogens with zero attached hydrogens (tertiary/aromatic N) is 2. The second kappa shape index (κ2) is 10.0. The Kier molecular flexibility index (Phi) is 7.57. The van der Waals surface area contributed by atoms with Crippen LogP contribution in [0.1, 0.15) is 34.3 Å².